The van der Waals surface area contributed by atoms with Crippen LogP contribution in [0.15, 0.2) is 66.7 Å². The SMILES string of the molecule is Cc1ccc(C(=O)CCCC(=O)c2cccc(Oc3ccc(O)cc3)c2N)cc1. The standard InChI is InChI=1S/C24H23NO4/c1-16-8-10-17(11-9-16)21(27)5-3-6-22(28)20-4-2-7-23(24(20)25)29-19-14-12-18(26)13-15-19/h2,4,7-15,26H,3,5-6,25H2,1H3. The van der Waals surface area contributed by atoms with Crippen LogP contribution in [-0.2, 0) is 0 Å². The van der Waals surface area contributed by atoms with Crippen LogP contribution >= 0.6 is 0 Å². The Morgan fingerprint density at radius 1 is 0.897 bits per heavy atom. The van der Waals surface area contributed by atoms with Crippen LogP contribution in [0.3, 0.4) is 0 Å². The highest BCUT2D eigenvalue weighted by Gasteiger charge is 2.15. The molecule has 5 heteroatoms. The van der Waals surface area contributed by atoms with Gasteiger partial charge in [0.25, 0.3) is 0 Å². The minimum absolute atomic E-state index is 0.0233. The van der Waals surface area contributed by atoms with Crippen LogP contribution in [0.1, 0.15) is 45.5 Å². The Kier molecular flexibility index (Phi) is 6.29. The molecule has 0 radical (unpaired) electrons. The fourth-order valence-electron chi connectivity index (χ4n) is 2.95. The fraction of sp³-hybridized carbons (Fsp3) is 0.167. The van der Waals surface area contributed by atoms with Crippen molar-refractivity contribution in [1.29, 1.82) is 0 Å². The molecule has 0 saturated heterocycles. The van der Waals surface area contributed by atoms with Crippen LogP contribution in [-0.4, -0.2) is 16.7 Å². The first-order chi connectivity index (χ1) is 13.9. The number of hydrogen-bond donors (Lipinski definition) is 2. The van der Waals surface area contributed by atoms with Crippen LogP contribution in [0.4, 0.5) is 5.69 Å². The number of rotatable bonds is 8. The van der Waals surface area contributed by atoms with Crippen molar-refractivity contribution in [3.05, 3.63) is 83.4 Å². The minimum Gasteiger partial charge on any atom is -0.508 e. The lowest BCUT2D eigenvalue weighted by Gasteiger charge is -2.12. The Labute approximate surface area is 169 Å². The number of hydrogen-bond acceptors (Lipinski definition) is 5. The van der Waals surface area contributed by atoms with Gasteiger partial charge < -0.3 is 15.6 Å². The lowest BCUT2D eigenvalue weighted by atomic mass is 10.00. The van der Waals surface area contributed by atoms with Crippen molar-refractivity contribution in [2.75, 3.05) is 5.73 Å². The first-order valence-corrected chi connectivity index (χ1v) is 9.42. The highest BCUT2D eigenvalue weighted by atomic mass is 16.5. The van der Waals surface area contributed by atoms with E-state index in [2.05, 4.69) is 0 Å². The number of para-hydroxylation sites is 1. The summed E-state index contributed by atoms with van der Waals surface area (Å²) in [6.45, 7) is 1.97. The Bertz CT molecular complexity index is 1010. The predicted octanol–water partition coefficient (Wildman–Crippen LogP) is 5.31. The molecule has 0 aliphatic carbocycles. The molecule has 3 aromatic carbocycles. The second-order valence-electron chi connectivity index (χ2n) is 6.88. The maximum absolute atomic E-state index is 12.6. The molecular formula is C24H23NO4. The summed E-state index contributed by atoms with van der Waals surface area (Å²) in [5.74, 6) is 0.903. The molecular weight excluding hydrogens is 366 g/mol. The van der Waals surface area contributed by atoms with Gasteiger partial charge in [0.05, 0.1) is 5.69 Å². The Hall–Kier alpha value is -3.60. The molecule has 0 aromatic heterocycles. The molecule has 0 atom stereocenters. The van der Waals surface area contributed by atoms with Crippen LogP contribution < -0.4 is 10.5 Å². The number of phenols is 1. The number of ether oxygens (including phenoxy) is 1. The van der Waals surface area contributed by atoms with Crippen LogP contribution in [0.2, 0.25) is 0 Å². The van der Waals surface area contributed by atoms with Crippen molar-refractivity contribution in [2.45, 2.75) is 26.2 Å². The summed E-state index contributed by atoms with van der Waals surface area (Å²) >= 11 is 0. The topological polar surface area (TPSA) is 89.6 Å². The number of nitrogen functional groups attached to an aromatic ring is 1. The van der Waals surface area contributed by atoms with Crippen LogP contribution in [0.5, 0.6) is 17.2 Å². The molecule has 0 bridgehead atoms. The van der Waals surface area contributed by atoms with Gasteiger partial charge in [-0.1, -0.05) is 35.9 Å². The maximum Gasteiger partial charge on any atom is 0.165 e. The van der Waals surface area contributed by atoms with E-state index in [1.165, 1.54) is 12.1 Å². The number of anilines is 1. The molecule has 0 heterocycles. The molecule has 0 amide bonds. The van der Waals surface area contributed by atoms with Gasteiger partial charge in [0.1, 0.15) is 11.5 Å². The zero-order valence-corrected chi connectivity index (χ0v) is 16.2. The summed E-state index contributed by atoms with van der Waals surface area (Å²) in [5, 5.41) is 9.35. The number of Topliss-reactive ketones (excluding diaryl/α,β-unsaturated/α-hetero) is 2. The van der Waals surface area contributed by atoms with E-state index in [0.717, 1.165) is 5.56 Å². The van der Waals surface area contributed by atoms with Gasteiger partial charge in [0.2, 0.25) is 0 Å². The Morgan fingerprint density at radius 3 is 2.24 bits per heavy atom. The van der Waals surface area contributed by atoms with E-state index in [1.807, 2.05) is 31.2 Å². The van der Waals surface area contributed by atoms with Gasteiger partial charge in [-0.15, -0.1) is 0 Å². The predicted molar refractivity (Wildman–Crippen MR) is 113 cm³/mol. The van der Waals surface area contributed by atoms with E-state index >= 15 is 0 Å². The molecule has 0 aliphatic heterocycles. The van der Waals surface area contributed by atoms with E-state index in [-0.39, 0.29) is 29.4 Å². The summed E-state index contributed by atoms with van der Waals surface area (Å²) < 4.78 is 5.72. The second kappa shape index (κ2) is 9.06. The van der Waals surface area contributed by atoms with Crippen LogP contribution in [0, 0.1) is 6.92 Å². The van der Waals surface area contributed by atoms with Gasteiger partial charge in [-0.2, -0.15) is 0 Å². The van der Waals surface area contributed by atoms with Gasteiger partial charge in [0, 0.05) is 24.0 Å². The molecule has 3 aromatic rings. The van der Waals surface area contributed by atoms with Crippen LogP contribution in [0.25, 0.3) is 0 Å². The molecule has 0 aliphatic rings. The summed E-state index contributed by atoms with van der Waals surface area (Å²) in [5.41, 5.74) is 8.53. The minimum atomic E-state index is -0.129. The smallest absolute Gasteiger partial charge is 0.165 e. The van der Waals surface area contributed by atoms with Crippen molar-refractivity contribution in [2.24, 2.45) is 0 Å². The third-order valence-corrected chi connectivity index (χ3v) is 4.61. The molecule has 29 heavy (non-hydrogen) atoms. The summed E-state index contributed by atoms with van der Waals surface area (Å²) in [4.78, 5) is 24.8. The molecule has 3 N–H and O–H groups in total. The highest BCUT2D eigenvalue weighted by molar-refractivity contribution is 6.02. The summed E-state index contributed by atoms with van der Waals surface area (Å²) in [7, 11) is 0. The number of ketones is 2. The lowest BCUT2D eigenvalue weighted by molar-refractivity contribution is 0.0957. The number of carbonyl (C=O) groups is 2. The summed E-state index contributed by atoms with van der Waals surface area (Å²) in [6, 6.07) is 18.7. The summed E-state index contributed by atoms with van der Waals surface area (Å²) in [6.07, 6.45) is 0.983. The normalized spacial score (nSPS) is 10.5. The van der Waals surface area contributed by atoms with Crippen molar-refractivity contribution >= 4 is 17.3 Å². The Morgan fingerprint density at radius 2 is 1.55 bits per heavy atom. The average molecular weight is 389 g/mol. The Balaban J connectivity index is 1.61. The van der Waals surface area contributed by atoms with Gasteiger partial charge in [-0.3, -0.25) is 9.59 Å². The monoisotopic (exact) mass is 389 g/mol. The zero-order valence-electron chi connectivity index (χ0n) is 16.2. The van der Waals surface area contributed by atoms with E-state index in [9.17, 15) is 14.7 Å². The molecule has 0 saturated carbocycles. The largest absolute Gasteiger partial charge is 0.508 e. The third-order valence-electron chi connectivity index (χ3n) is 4.61. The van der Waals surface area contributed by atoms with Crippen molar-refractivity contribution in [3.8, 4) is 17.2 Å². The second-order valence-corrected chi connectivity index (χ2v) is 6.88. The number of phenolic OH excluding ortho intramolecular Hbond substituents is 1. The number of carbonyl (C=O) groups excluding carboxylic acids is 2. The third kappa shape index (κ3) is 5.23. The number of aromatic hydroxyl groups is 1. The number of benzene rings is 3. The first kappa shape index (κ1) is 20.1. The number of aryl methyl sites for hydroxylation is 1. The molecule has 3 rings (SSSR count). The lowest BCUT2D eigenvalue weighted by Crippen LogP contribution is -2.06. The molecule has 0 spiro atoms. The van der Waals surface area contributed by atoms with Crippen molar-refractivity contribution in [1.82, 2.24) is 0 Å². The van der Waals surface area contributed by atoms with Crippen molar-refractivity contribution < 1.29 is 19.4 Å². The van der Waals surface area contributed by atoms with Gasteiger partial charge in [-0.25, -0.2) is 0 Å². The van der Waals surface area contributed by atoms with Gasteiger partial charge in [-0.05, 0) is 49.7 Å². The van der Waals surface area contributed by atoms with E-state index in [1.54, 1.807) is 30.3 Å². The maximum atomic E-state index is 12.6. The van der Waals surface area contributed by atoms with E-state index < -0.39 is 0 Å². The average Bonchev–Trinajstić information content (AvgIpc) is 2.71. The molecule has 5 nitrogen and oxygen atoms in total. The van der Waals surface area contributed by atoms with Gasteiger partial charge >= 0.3 is 0 Å². The molecule has 148 valence electrons. The number of nitrogens with two attached hydrogens (primary N) is 1. The molecule has 0 fully saturated rings. The van der Waals surface area contributed by atoms with E-state index in [0.29, 0.717) is 35.5 Å². The zero-order chi connectivity index (χ0) is 20.8. The fourth-order valence-corrected chi connectivity index (χ4v) is 2.95. The first-order valence-electron chi connectivity index (χ1n) is 9.42. The van der Waals surface area contributed by atoms with E-state index in [4.69, 9.17) is 10.5 Å². The van der Waals surface area contributed by atoms with Gasteiger partial charge in [0.15, 0.2) is 17.3 Å². The molecule has 0 unspecified atom stereocenters. The highest BCUT2D eigenvalue weighted by Crippen LogP contribution is 2.31. The quantitative estimate of drug-likeness (QED) is 0.402. The van der Waals surface area contributed by atoms with Crippen molar-refractivity contribution in [3.63, 3.8) is 0 Å².